The predicted octanol–water partition coefficient (Wildman–Crippen LogP) is 4.47. The zero-order valence-electron chi connectivity index (χ0n) is 9.40. The van der Waals surface area contributed by atoms with Crippen LogP contribution in [0, 0.1) is 0 Å². The van der Waals surface area contributed by atoms with Crippen molar-refractivity contribution in [3.63, 3.8) is 0 Å². The molecule has 0 radical (unpaired) electrons. The Morgan fingerprint density at radius 3 is 3.11 bits per heavy atom. The lowest BCUT2D eigenvalue weighted by atomic mass is 10.1. The van der Waals surface area contributed by atoms with E-state index in [9.17, 15) is 0 Å². The van der Waals surface area contributed by atoms with Crippen molar-refractivity contribution in [3.05, 3.63) is 50.6 Å². The first-order chi connectivity index (χ1) is 8.83. The fourth-order valence-electron chi connectivity index (χ4n) is 2.50. The number of hydrogen-bond acceptors (Lipinski definition) is 2. The minimum atomic E-state index is 1.00. The lowest BCUT2D eigenvalue weighted by Crippen LogP contribution is -1.85. The first-order valence-corrected chi connectivity index (χ1v) is 7.40. The summed E-state index contributed by atoms with van der Waals surface area (Å²) in [6.45, 7) is 0. The van der Waals surface area contributed by atoms with Crippen molar-refractivity contribution in [2.75, 3.05) is 0 Å². The normalized spacial score (nSPS) is 12.5. The molecule has 4 rings (SSSR count). The van der Waals surface area contributed by atoms with Crippen LogP contribution < -0.4 is 0 Å². The molecule has 0 saturated heterocycles. The molecule has 88 valence electrons. The van der Waals surface area contributed by atoms with E-state index >= 15 is 0 Å². The second-order valence-corrected chi connectivity index (χ2v) is 6.29. The Labute approximate surface area is 117 Å². The number of fused-ring (bicyclic) bond motifs is 3. The van der Waals surface area contributed by atoms with Gasteiger partial charge in [0.05, 0.1) is 11.4 Å². The number of aromatic amines is 1. The number of rotatable bonds is 1. The summed E-state index contributed by atoms with van der Waals surface area (Å²) in [6.07, 6.45) is 1.00. The highest BCUT2D eigenvalue weighted by atomic mass is 79.9. The summed E-state index contributed by atoms with van der Waals surface area (Å²) in [5, 5.41) is 9.82. The Balaban J connectivity index is 1.90. The average molecular weight is 317 g/mol. The van der Waals surface area contributed by atoms with Crippen molar-refractivity contribution in [1.29, 1.82) is 0 Å². The highest BCUT2D eigenvalue weighted by Gasteiger charge is 2.25. The summed E-state index contributed by atoms with van der Waals surface area (Å²) < 4.78 is 1.09. The van der Waals surface area contributed by atoms with Gasteiger partial charge in [-0.3, -0.25) is 5.10 Å². The van der Waals surface area contributed by atoms with Crippen LogP contribution >= 0.6 is 27.3 Å². The van der Waals surface area contributed by atoms with E-state index in [4.69, 9.17) is 0 Å². The van der Waals surface area contributed by atoms with E-state index in [0.717, 1.165) is 22.2 Å². The quantitative estimate of drug-likeness (QED) is 0.551. The van der Waals surface area contributed by atoms with E-state index in [0.29, 0.717) is 0 Å². The Hall–Kier alpha value is -1.39. The van der Waals surface area contributed by atoms with E-state index in [2.05, 4.69) is 49.7 Å². The number of benzene rings is 1. The third kappa shape index (κ3) is 1.42. The molecule has 1 aromatic carbocycles. The van der Waals surface area contributed by atoms with Crippen molar-refractivity contribution >= 4 is 27.3 Å². The van der Waals surface area contributed by atoms with E-state index < -0.39 is 0 Å². The monoisotopic (exact) mass is 316 g/mol. The summed E-state index contributed by atoms with van der Waals surface area (Å²) in [5.74, 6) is 0. The fraction of sp³-hybridized carbons (Fsp3) is 0.0714. The fourth-order valence-corrected chi connectivity index (χ4v) is 3.79. The van der Waals surface area contributed by atoms with Crippen LogP contribution in [0.2, 0.25) is 0 Å². The van der Waals surface area contributed by atoms with Crippen molar-refractivity contribution in [3.8, 4) is 22.5 Å². The lowest BCUT2D eigenvalue weighted by molar-refractivity contribution is 1.10. The van der Waals surface area contributed by atoms with Gasteiger partial charge in [-0.15, -0.1) is 11.3 Å². The first kappa shape index (κ1) is 10.5. The summed E-state index contributed by atoms with van der Waals surface area (Å²) in [4.78, 5) is 1.44. The molecule has 4 heteroatoms. The Kier molecular flexibility index (Phi) is 2.22. The molecule has 0 saturated carbocycles. The Morgan fingerprint density at radius 2 is 2.22 bits per heavy atom. The average Bonchev–Trinajstić information content (AvgIpc) is 2.99. The molecule has 3 aromatic rings. The molecule has 0 amide bonds. The van der Waals surface area contributed by atoms with Gasteiger partial charge >= 0.3 is 0 Å². The van der Waals surface area contributed by atoms with Gasteiger partial charge in [0.15, 0.2) is 0 Å². The number of H-pyrrole nitrogens is 1. The molecule has 1 N–H and O–H groups in total. The highest BCUT2D eigenvalue weighted by molar-refractivity contribution is 9.10. The van der Waals surface area contributed by atoms with Gasteiger partial charge in [0.1, 0.15) is 0 Å². The van der Waals surface area contributed by atoms with Gasteiger partial charge in [0, 0.05) is 32.5 Å². The molecule has 0 fully saturated rings. The van der Waals surface area contributed by atoms with Crippen LogP contribution in [0.4, 0.5) is 0 Å². The first-order valence-electron chi connectivity index (χ1n) is 5.73. The maximum atomic E-state index is 4.49. The van der Waals surface area contributed by atoms with Crippen LogP contribution in [-0.4, -0.2) is 10.2 Å². The second kappa shape index (κ2) is 3.80. The minimum Gasteiger partial charge on any atom is -0.277 e. The minimum absolute atomic E-state index is 1.00. The summed E-state index contributed by atoms with van der Waals surface area (Å²) in [6, 6.07) is 10.5. The molecule has 1 aliphatic carbocycles. The molecule has 18 heavy (non-hydrogen) atoms. The molecule has 0 bridgehead atoms. The van der Waals surface area contributed by atoms with Gasteiger partial charge in [-0.1, -0.05) is 28.1 Å². The molecule has 2 nitrogen and oxygen atoms in total. The van der Waals surface area contributed by atoms with Crippen molar-refractivity contribution in [2.45, 2.75) is 6.42 Å². The number of thiophene rings is 1. The van der Waals surface area contributed by atoms with E-state index in [1.165, 1.54) is 21.7 Å². The molecule has 2 aromatic heterocycles. The maximum absolute atomic E-state index is 4.49. The summed E-state index contributed by atoms with van der Waals surface area (Å²) in [5.41, 5.74) is 6.09. The highest BCUT2D eigenvalue weighted by Crippen LogP contribution is 2.42. The lowest BCUT2D eigenvalue weighted by Gasteiger charge is -2.00. The zero-order valence-corrected chi connectivity index (χ0v) is 11.8. The summed E-state index contributed by atoms with van der Waals surface area (Å²) >= 11 is 5.34. The Bertz CT molecular complexity index is 742. The molecular weight excluding hydrogens is 308 g/mol. The van der Waals surface area contributed by atoms with E-state index in [-0.39, 0.29) is 0 Å². The number of aromatic nitrogens is 2. The van der Waals surface area contributed by atoms with Crippen LogP contribution in [-0.2, 0) is 6.42 Å². The zero-order chi connectivity index (χ0) is 12.1. The van der Waals surface area contributed by atoms with Crippen LogP contribution in [0.1, 0.15) is 10.4 Å². The van der Waals surface area contributed by atoms with Gasteiger partial charge in [-0.05, 0) is 23.6 Å². The molecule has 0 unspecified atom stereocenters. The number of nitrogens with one attached hydrogen (secondary N) is 1. The number of nitrogens with zero attached hydrogens (tertiary/aromatic N) is 1. The van der Waals surface area contributed by atoms with Crippen molar-refractivity contribution in [2.24, 2.45) is 0 Å². The van der Waals surface area contributed by atoms with Crippen LogP contribution in [0.25, 0.3) is 22.5 Å². The molecule has 1 aliphatic rings. The maximum Gasteiger partial charge on any atom is 0.0963 e. The summed E-state index contributed by atoms with van der Waals surface area (Å²) in [7, 11) is 0. The van der Waals surface area contributed by atoms with Crippen LogP contribution in [0.5, 0.6) is 0 Å². The van der Waals surface area contributed by atoms with Gasteiger partial charge in [-0.2, -0.15) is 5.10 Å². The second-order valence-electron chi connectivity index (χ2n) is 4.37. The molecule has 2 heterocycles. The molecule has 0 aliphatic heterocycles. The van der Waals surface area contributed by atoms with Crippen LogP contribution in [0.15, 0.2) is 40.2 Å². The molecule has 0 atom stereocenters. The Morgan fingerprint density at radius 1 is 1.28 bits per heavy atom. The van der Waals surface area contributed by atoms with Gasteiger partial charge in [-0.25, -0.2) is 0 Å². The predicted molar refractivity (Wildman–Crippen MR) is 77.8 cm³/mol. The number of hydrogen-bond donors (Lipinski definition) is 1. The largest absolute Gasteiger partial charge is 0.277 e. The smallest absolute Gasteiger partial charge is 0.0963 e. The molecular formula is C14H9BrN2S. The van der Waals surface area contributed by atoms with Crippen molar-refractivity contribution < 1.29 is 0 Å². The number of halogens is 1. The van der Waals surface area contributed by atoms with Gasteiger partial charge < -0.3 is 0 Å². The van der Waals surface area contributed by atoms with E-state index in [1.54, 1.807) is 0 Å². The van der Waals surface area contributed by atoms with E-state index in [1.807, 2.05) is 23.5 Å². The van der Waals surface area contributed by atoms with Gasteiger partial charge in [0.2, 0.25) is 0 Å². The third-order valence-corrected chi connectivity index (χ3v) is 4.73. The van der Waals surface area contributed by atoms with Crippen molar-refractivity contribution in [1.82, 2.24) is 10.2 Å². The SMILES string of the molecule is Brc1cccc(-c2n[nH]c3c2Cc2sccc2-3)c1. The standard InChI is InChI=1S/C14H9BrN2S/c15-9-3-1-2-8(6-9)13-11-7-12-10(4-5-18-12)14(11)17-16-13/h1-6H,7H2,(H,16,17). The topological polar surface area (TPSA) is 28.7 Å². The molecule has 0 spiro atoms. The van der Waals surface area contributed by atoms with Crippen LogP contribution in [0.3, 0.4) is 0 Å². The third-order valence-electron chi connectivity index (χ3n) is 3.32. The van der Waals surface area contributed by atoms with Gasteiger partial charge in [0.25, 0.3) is 0 Å².